The molecule has 0 aliphatic carbocycles. The lowest BCUT2D eigenvalue weighted by molar-refractivity contribution is 0.285. The first kappa shape index (κ1) is 12.4. The van der Waals surface area contributed by atoms with Crippen molar-refractivity contribution in [3.63, 3.8) is 0 Å². The molecule has 1 saturated heterocycles. The van der Waals surface area contributed by atoms with Crippen LogP contribution < -0.4 is 5.32 Å². The molecule has 2 rings (SSSR count). The summed E-state index contributed by atoms with van der Waals surface area (Å²) in [6.07, 6.45) is 0. The SMILES string of the molecule is CC1CN(CCNCc2cccs2)CCS1. The summed E-state index contributed by atoms with van der Waals surface area (Å²) in [4.78, 5) is 4.00. The van der Waals surface area contributed by atoms with Crippen LogP contribution in [0.1, 0.15) is 11.8 Å². The van der Waals surface area contributed by atoms with Crippen LogP contribution in [0, 0.1) is 0 Å². The summed E-state index contributed by atoms with van der Waals surface area (Å²) in [7, 11) is 0. The summed E-state index contributed by atoms with van der Waals surface area (Å²) < 4.78 is 0. The second kappa shape index (κ2) is 6.64. The Morgan fingerprint density at radius 1 is 1.56 bits per heavy atom. The van der Waals surface area contributed by atoms with Crippen molar-refractivity contribution in [1.82, 2.24) is 10.2 Å². The minimum atomic E-state index is 0.811. The van der Waals surface area contributed by atoms with Gasteiger partial charge in [-0.2, -0.15) is 11.8 Å². The van der Waals surface area contributed by atoms with Gasteiger partial charge in [0, 0.05) is 48.6 Å². The van der Waals surface area contributed by atoms with E-state index in [0.717, 1.165) is 18.3 Å². The van der Waals surface area contributed by atoms with E-state index < -0.39 is 0 Å². The molecule has 1 aromatic rings. The van der Waals surface area contributed by atoms with E-state index in [1.165, 1.54) is 30.3 Å². The fourth-order valence-corrected chi connectivity index (χ4v) is 3.71. The van der Waals surface area contributed by atoms with Crippen molar-refractivity contribution in [2.75, 3.05) is 31.9 Å². The Morgan fingerprint density at radius 3 is 3.25 bits per heavy atom. The molecule has 4 heteroatoms. The van der Waals surface area contributed by atoms with E-state index in [9.17, 15) is 0 Å². The van der Waals surface area contributed by atoms with Gasteiger partial charge in [-0.25, -0.2) is 0 Å². The number of hydrogen-bond donors (Lipinski definition) is 1. The van der Waals surface area contributed by atoms with E-state index in [1.807, 2.05) is 11.3 Å². The highest BCUT2D eigenvalue weighted by atomic mass is 32.2. The molecule has 0 spiro atoms. The Morgan fingerprint density at radius 2 is 2.50 bits per heavy atom. The molecule has 16 heavy (non-hydrogen) atoms. The van der Waals surface area contributed by atoms with Crippen molar-refractivity contribution >= 4 is 23.1 Å². The maximum atomic E-state index is 3.51. The van der Waals surface area contributed by atoms with Gasteiger partial charge in [0.25, 0.3) is 0 Å². The molecule has 1 atom stereocenters. The summed E-state index contributed by atoms with van der Waals surface area (Å²) in [6.45, 7) is 8.16. The van der Waals surface area contributed by atoms with Crippen LogP contribution in [0.5, 0.6) is 0 Å². The van der Waals surface area contributed by atoms with Gasteiger partial charge in [-0.15, -0.1) is 11.3 Å². The lowest BCUT2D eigenvalue weighted by atomic mass is 10.3. The number of nitrogens with zero attached hydrogens (tertiary/aromatic N) is 1. The molecule has 0 saturated carbocycles. The number of rotatable bonds is 5. The molecular weight excluding hydrogens is 236 g/mol. The number of hydrogen-bond acceptors (Lipinski definition) is 4. The zero-order valence-corrected chi connectivity index (χ0v) is 11.4. The van der Waals surface area contributed by atoms with E-state index in [1.54, 1.807) is 0 Å². The molecular formula is C12H20N2S2. The Kier molecular flexibility index (Phi) is 5.16. The molecule has 2 nitrogen and oxygen atoms in total. The molecule has 1 fully saturated rings. The molecule has 0 radical (unpaired) electrons. The summed E-state index contributed by atoms with van der Waals surface area (Å²) in [5, 5.41) is 6.46. The Balaban J connectivity index is 1.57. The van der Waals surface area contributed by atoms with Crippen LogP contribution in [0.4, 0.5) is 0 Å². The first-order chi connectivity index (χ1) is 7.84. The van der Waals surface area contributed by atoms with Crippen molar-refractivity contribution in [3.05, 3.63) is 22.4 Å². The smallest absolute Gasteiger partial charge is 0.0300 e. The Bertz CT molecular complexity index is 287. The highest BCUT2D eigenvalue weighted by Crippen LogP contribution is 2.17. The van der Waals surface area contributed by atoms with Crippen LogP contribution in [0.25, 0.3) is 0 Å². The predicted octanol–water partition coefficient (Wildman–Crippen LogP) is 2.27. The van der Waals surface area contributed by atoms with Gasteiger partial charge in [0.15, 0.2) is 0 Å². The minimum absolute atomic E-state index is 0.811. The first-order valence-corrected chi connectivity index (χ1v) is 7.84. The van der Waals surface area contributed by atoms with Gasteiger partial charge >= 0.3 is 0 Å². The highest BCUT2D eigenvalue weighted by molar-refractivity contribution is 7.99. The van der Waals surface area contributed by atoms with Crippen LogP contribution >= 0.6 is 23.1 Å². The Hall–Kier alpha value is -0.0300. The second-order valence-electron chi connectivity index (χ2n) is 4.24. The molecule has 1 aliphatic heterocycles. The average molecular weight is 256 g/mol. The van der Waals surface area contributed by atoms with Crippen molar-refractivity contribution in [2.45, 2.75) is 18.7 Å². The lowest BCUT2D eigenvalue weighted by Crippen LogP contribution is -2.40. The quantitative estimate of drug-likeness (QED) is 0.814. The average Bonchev–Trinajstić information content (AvgIpc) is 2.77. The van der Waals surface area contributed by atoms with Gasteiger partial charge < -0.3 is 10.2 Å². The molecule has 0 aromatic carbocycles. The maximum Gasteiger partial charge on any atom is 0.0300 e. The van der Waals surface area contributed by atoms with Crippen LogP contribution in [-0.4, -0.2) is 42.1 Å². The van der Waals surface area contributed by atoms with E-state index in [-0.39, 0.29) is 0 Å². The molecule has 1 N–H and O–H groups in total. The standard InChI is InChI=1S/C12H20N2S2/c1-11-10-14(6-8-15-11)5-4-13-9-12-3-2-7-16-12/h2-3,7,11,13H,4-6,8-10H2,1H3. The fourth-order valence-electron chi connectivity index (χ4n) is 1.96. The molecule has 1 unspecified atom stereocenters. The summed E-state index contributed by atoms with van der Waals surface area (Å²) >= 11 is 3.93. The third-order valence-corrected chi connectivity index (χ3v) is 4.82. The zero-order valence-electron chi connectivity index (χ0n) is 9.82. The lowest BCUT2D eigenvalue weighted by Gasteiger charge is -2.30. The molecule has 0 bridgehead atoms. The first-order valence-electron chi connectivity index (χ1n) is 5.91. The third kappa shape index (κ3) is 4.09. The van der Waals surface area contributed by atoms with Crippen LogP contribution in [-0.2, 0) is 6.54 Å². The van der Waals surface area contributed by atoms with Crippen molar-refractivity contribution in [1.29, 1.82) is 0 Å². The number of nitrogens with one attached hydrogen (secondary N) is 1. The van der Waals surface area contributed by atoms with E-state index in [4.69, 9.17) is 0 Å². The summed E-state index contributed by atoms with van der Waals surface area (Å²) in [6, 6.07) is 4.31. The molecule has 90 valence electrons. The maximum absolute atomic E-state index is 3.51. The molecule has 1 aliphatic rings. The zero-order chi connectivity index (χ0) is 11.2. The fraction of sp³-hybridized carbons (Fsp3) is 0.667. The number of thioether (sulfide) groups is 1. The van der Waals surface area contributed by atoms with Gasteiger partial charge in [-0.05, 0) is 11.4 Å². The van der Waals surface area contributed by atoms with E-state index >= 15 is 0 Å². The van der Waals surface area contributed by atoms with Crippen molar-refractivity contribution < 1.29 is 0 Å². The van der Waals surface area contributed by atoms with Gasteiger partial charge in [0.1, 0.15) is 0 Å². The minimum Gasteiger partial charge on any atom is -0.311 e. The van der Waals surface area contributed by atoms with E-state index in [2.05, 4.69) is 46.4 Å². The van der Waals surface area contributed by atoms with E-state index in [0.29, 0.717) is 0 Å². The van der Waals surface area contributed by atoms with Crippen LogP contribution in [0.3, 0.4) is 0 Å². The van der Waals surface area contributed by atoms with Gasteiger partial charge in [0.05, 0.1) is 0 Å². The summed E-state index contributed by atoms with van der Waals surface area (Å²) in [5.74, 6) is 1.30. The summed E-state index contributed by atoms with van der Waals surface area (Å²) in [5.41, 5.74) is 0. The highest BCUT2D eigenvalue weighted by Gasteiger charge is 2.15. The Labute approximate surface area is 106 Å². The van der Waals surface area contributed by atoms with Crippen LogP contribution in [0.2, 0.25) is 0 Å². The third-order valence-electron chi connectivity index (χ3n) is 2.81. The molecule has 2 heterocycles. The number of thiophene rings is 1. The van der Waals surface area contributed by atoms with Gasteiger partial charge in [0.2, 0.25) is 0 Å². The monoisotopic (exact) mass is 256 g/mol. The topological polar surface area (TPSA) is 15.3 Å². The predicted molar refractivity (Wildman–Crippen MR) is 74.4 cm³/mol. The largest absolute Gasteiger partial charge is 0.311 e. The normalized spacial score (nSPS) is 22.4. The van der Waals surface area contributed by atoms with Crippen molar-refractivity contribution in [2.24, 2.45) is 0 Å². The molecule has 0 amide bonds. The molecule has 1 aromatic heterocycles. The second-order valence-corrected chi connectivity index (χ2v) is 6.82. The van der Waals surface area contributed by atoms with Crippen LogP contribution in [0.15, 0.2) is 17.5 Å². The van der Waals surface area contributed by atoms with Gasteiger partial charge in [-0.3, -0.25) is 0 Å². The van der Waals surface area contributed by atoms with Gasteiger partial charge in [-0.1, -0.05) is 13.0 Å². The van der Waals surface area contributed by atoms with Crippen molar-refractivity contribution in [3.8, 4) is 0 Å².